The third-order valence-electron chi connectivity index (χ3n) is 4.05. The van der Waals surface area contributed by atoms with Crippen molar-refractivity contribution in [2.24, 2.45) is 5.92 Å². The molecule has 1 aliphatic rings. The van der Waals surface area contributed by atoms with Gasteiger partial charge in [0, 0.05) is 0 Å². The Balaban J connectivity index is 2.65. The molecule has 14 heavy (non-hydrogen) atoms. The number of fused-ring (bicyclic) bond motifs is 1. The number of aryl methyl sites for hydroxylation is 2. The predicted molar refractivity (Wildman–Crippen MR) is 61.8 cm³/mol. The van der Waals surface area contributed by atoms with E-state index < -0.39 is 0 Å². The molecule has 76 valence electrons. The second-order valence-electron chi connectivity index (χ2n) is 5.43. The Morgan fingerprint density at radius 1 is 1.21 bits per heavy atom. The molecule has 0 amide bonds. The minimum absolute atomic E-state index is 0.367. The van der Waals surface area contributed by atoms with Crippen molar-refractivity contribution in [1.82, 2.24) is 0 Å². The maximum atomic E-state index is 2.38. The fraction of sp³-hybridized carbons (Fsp3) is 0.571. The Kier molecular flexibility index (Phi) is 1.99. The van der Waals surface area contributed by atoms with Crippen LogP contribution in [0.4, 0.5) is 0 Å². The minimum Gasteiger partial charge on any atom is -0.0614 e. The summed E-state index contributed by atoms with van der Waals surface area (Å²) in [6.07, 6.45) is 1.26. The number of hydrogen-bond donors (Lipinski definition) is 0. The summed E-state index contributed by atoms with van der Waals surface area (Å²) in [5.74, 6) is 0.776. The summed E-state index contributed by atoms with van der Waals surface area (Å²) in [4.78, 5) is 0. The molecule has 2 rings (SSSR count). The van der Waals surface area contributed by atoms with E-state index in [0.717, 1.165) is 5.92 Å². The van der Waals surface area contributed by atoms with Gasteiger partial charge in [-0.3, -0.25) is 0 Å². The van der Waals surface area contributed by atoms with E-state index in [4.69, 9.17) is 0 Å². The molecule has 0 bridgehead atoms. The fourth-order valence-corrected chi connectivity index (χ4v) is 2.67. The average molecular weight is 188 g/mol. The Bertz CT molecular complexity index is 372. The molecule has 0 saturated carbocycles. The molecule has 0 nitrogen and oxygen atoms in total. The molecule has 0 aliphatic heterocycles. The van der Waals surface area contributed by atoms with Crippen LogP contribution in [0.15, 0.2) is 12.1 Å². The normalized spacial score (nSPS) is 23.6. The van der Waals surface area contributed by atoms with Crippen molar-refractivity contribution in [3.63, 3.8) is 0 Å². The van der Waals surface area contributed by atoms with Crippen LogP contribution in [0.1, 0.15) is 43.0 Å². The van der Waals surface area contributed by atoms with E-state index in [-0.39, 0.29) is 0 Å². The van der Waals surface area contributed by atoms with Crippen molar-refractivity contribution >= 4 is 0 Å². The molecule has 0 saturated heterocycles. The zero-order valence-corrected chi connectivity index (χ0v) is 9.94. The first-order valence-electron chi connectivity index (χ1n) is 5.53. The van der Waals surface area contributed by atoms with Gasteiger partial charge in [0.2, 0.25) is 0 Å². The lowest BCUT2D eigenvalue weighted by atomic mass is 9.79. The maximum absolute atomic E-state index is 2.38. The highest BCUT2D eigenvalue weighted by Crippen LogP contribution is 2.44. The lowest BCUT2D eigenvalue weighted by Gasteiger charge is -2.25. The van der Waals surface area contributed by atoms with Gasteiger partial charge in [0.15, 0.2) is 0 Å². The van der Waals surface area contributed by atoms with Crippen molar-refractivity contribution in [2.45, 2.75) is 46.5 Å². The third-order valence-corrected chi connectivity index (χ3v) is 4.05. The van der Waals surface area contributed by atoms with Crippen LogP contribution in [0.25, 0.3) is 0 Å². The van der Waals surface area contributed by atoms with E-state index in [9.17, 15) is 0 Å². The first-order valence-corrected chi connectivity index (χ1v) is 5.53. The van der Waals surface area contributed by atoms with Crippen LogP contribution in [0, 0.1) is 19.8 Å². The topological polar surface area (TPSA) is 0 Å². The van der Waals surface area contributed by atoms with Crippen molar-refractivity contribution in [3.05, 3.63) is 34.4 Å². The highest BCUT2D eigenvalue weighted by atomic mass is 14.4. The molecule has 1 aromatic rings. The van der Waals surface area contributed by atoms with Gasteiger partial charge in [-0.15, -0.1) is 0 Å². The van der Waals surface area contributed by atoms with Crippen molar-refractivity contribution in [2.75, 3.05) is 0 Å². The van der Waals surface area contributed by atoms with E-state index in [1.165, 1.54) is 17.5 Å². The minimum atomic E-state index is 0.367. The Morgan fingerprint density at radius 2 is 1.86 bits per heavy atom. The van der Waals surface area contributed by atoms with Gasteiger partial charge in [-0.25, -0.2) is 0 Å². The van der Waals surface area contributed by atoms with Crippen LogP contribution < -0.4 is 0 Å². The molecule has 0 N–H and O–H groups in total. The van der Waals surface area contributed by atoms with Gasteiger partial charge in [-0.1, -0.05) is 38.5 Å². The molecule has 0 heterocycles. The van der Waals surface area contributed by atoms with Crippen molar-refractivity contribution < 1.29 is 0 Å². The fourth-order valence-electron chi connectivity index (χ4n) is 2.67. The highest BCUT2D eigenvalue weighted by Gasteiger charge is 2.36. The molecule has 0 fully saturated rings. The van der Waals surface area contributed by atoms with E-state index in [1.807, 2.05) is 0 Å². The molecule has 1 aromatic carbocycles. The van der Waals surface area contributed by atoms with Gasteiger partial charge in [0.25, 0.3) is 0 Å². The van der Waals surface area contributed by atoms with Crippen molar-refractivity contribution in [3.8, 4) is 0 Å². The standard InChI is InChI=1S/C14H20/c1-9-6-10(2)12-8-11(3)14(4,5)13(12)7-9/h6-7,11H,8H2,1-5H3. The Morgan fingerprint density at radius 3 is 2.50 bits per heavy atom. The lowest BCUT2D eigenvalue weighted by Crippen LogP contribution is -2.21. The monoisotopic (exact) mass is 188 g/mol. The molecule has 1 unspecified atom stereocenters. The smallest absolute Gasteiger partial charge is 0.00719 e. The van der Waals surface area contributed by atoms with Crippen LogP contribution in [0.3, 0.4) is 0 Å². The summed E-state index contributed by atoms with van der Waals surface area (Å²) in [5.41, 5.74) is 6.45. The average Bonchev–Trinajstić information content (AvgIpc) is 2.28. The zero-order valence-electron chi connectivity index (χ0n) is 9.94. The summed E-state index contributed by atoms with van der Waals surface area (Å²) in [6.45, 7) is 11.6. The van der Waals surface area contributed by atoms with Gasteiger partial charge in [-0.05, 0) is 48.3 Å². The van der Waals surface area contributed by atoms with Crippen LogP contribution in [0.5, 0.6) is 0 Å². The zero-order chi connectivity index (χ0) is 10.5. The molecule has 0 spiro atoms. The Labute approximate surface area is 87.3 Å². The van der Waals surface area contributed by atoms with Crippen LogP contribution in [-0.2, 0) is 11.8 Å². The van der Waals surface area contributed by atoms with E-state index in [2.05, 4.69) is 46.8 Å². The second-order valence-corrected chi connectivity index (χ2v) is 5.43. The van der Waals surface area contributed by atoms with Gasteiger partial charge < -0.3 is 0 Å². The van der Waals surface area contributed by atoms with E-state index in [1.54, 1.807) is 11.1 Å². The van der Waals surface area contributed by atoms with E-state index in [0.29, 0.717) is 5.41 Å². The number of hydrogen-bond acceptors (Lipinski definition) is 0. The number of rotatable bonds is 0. The van der Waals surface area contributed by atoms with Crippen LogP contribution >= 0.6 is 0 Å². The SMILES string of the molecule is Cc1cc(C)c2c(c1)C(C)(C)C(C)C2. The van der Waals surface area contributed by atoms with Crippen LogP contribution in [-0.4, -0.2) is 0 Å². The second kappa shape index (κ2) is 2.85. The first-order chi connectivity index (χ1) is 6.43. The summed E-state index contributed by atoms with van der Waals surface area (Å²) < 4.78 is 0. The molecule has 0 heteroatoms. The Hall–Kier alpha value is -0.780. The molecular formula is C14H20. The molecule has 1 atom stereocenters. The maximum Gasteiger partial charge on any atom is -0.00719 e. The summed E-state index contributed by atoms with van der Waals surface area (Å²) in [6, 6.07) is 4.69. The third kappa shape index (κ3) is 1.20. The molecule has 0 aromatic heterocycles. The van der Waals surface area contributed by atoms with Crippen molar-refractivity contribution in [1.29, 1.82) is 0 Å². The first kappa shape index (κ1) is 9.76. The largest absolute Gasteiger partial charge is 0.0614 e. The van der Waals surface area contributed by atoms with E-state index >= 15 is 0 Å². The summed E-state index contributed by atoms with van der Waals surface area (Å²) in [7, 11) is 0. The lowest BCUT2D eigenvalue weighted by molar-refractivity contribution is 0.379. The number of benzene rings is 1. The predicted octanol–water partition coefficient (Wildman–Crippen LogP) is 3.77. The summed E-state index contributed by atoms with van der Waals surface area (Å²) in [5, 5.41) is 0. The molecular weight excluding hydrogens is 168 g/mol. The van der Waals surface area contributed by atoms with Gasteiger partial charge in [0.1, 0.15) is 0 Å². The molecule has 0 radical (unpaired) electrons. The van der Waals surface area contributed by atoms with Gasteiger partial charge in [-0.2, -0.15) is 0 Å². The summed E-state index contributed by atoms with van der Waals surface area (Å²) >= 11 is 0. The van der Waals surface area contributed by atoms with Gasteiger partial charge in [0.05, 0.1) is 0 Å². The molecule has 1 aliphatic carbocycles. The van der Waals surface area contributed by atoms with Gasteiger partial charge >= 0.3 is 0 Å². The quantitative estimate of drug-likeness (QED) is 0.581. The highest BCUT2D eigenvalue weighted by molar-refractivity contribution is 5.46. The van der Waals surface area contributed by atoms with Crippen LogP contribution in [0.2, 0.25) is 0 Å².